The maximum absolute atomic E-state index is 5.41. The third-order valence-electron chi connectivity index (χ3n) is 6.22. The van der Waals surface area contributed by atoms with Crippen LogP contribution in [0.4, 0.5) is 0 Å². The highest BCUT2D eigenvalue weighted by molar-refractivity contribution is 5.70. The summed E-state index contributed by atoms with van der Waals surface area (Å²) in [5.41, 5.74) is 4.09. The summed E-state index contributed by atoms with van der Waals surface area (Å²) >= 11 is 0. The molecule has 0 bridgehead atoms. The Balaban J connectivity index is 1.38. The Labute approximate surface area is 158 Å². The molecule has 4 rings (SSSR count). The van der Waals surface area contributed by atoms with Gasteiger partial charge in [0.2, 0.25) is 0 Å². The van der Waals surface area contributed by atoms with Crippen molar-refractivity contribution >= 4 is 0 Å². The van der Waals surface area contributed by atoms with Crippen LogP contribution in [0.1, 0.15) is 56.4 Å². The molecule has 0 radical (unpaired) electrons. The molecule has 0 spiro atoms. The van der Waals surface area contributed by atoms with Crippen molar-refractivity contribution in [3.8, 4) is 16.9 Å². The fourth-order valence-electron chi connectivity index (χ4n) is 4.59. The number of ether oxygens (including phenoxy) is 1. The van der Waals surface area contributed by atoms with E-state index in [9.17, 15) is 0 Å². The lowest BCUT2D eigenvalue weighted by molar-refractivity contribution is 0.333. The summed E-state index contributed by atoms with van der Waals surface area (Å²) in [5.74, 6) is 2.55. The molecular formula is C24H31NO. The molecule has 26 heavy (non-hydrogen) atoms. The lowest BCUT2D eigenvalue weighted by Crippen LogP contribution is -2.22. The topological polar surface area (TPSA) is 21.3 Å². The molecule has 0 aromatic heterocycles. The minimum Gasteiger partial charge on any atom is -0.497 e. The van der Waals surface area contributed by atoms with Gasteiger partial charge in [-0.25, -0.2) is 0 Å². The SMILES string of the molecule is COc1cccc(-c2ccccc2C2CC2NCCC2CCCCC2)c1. The van der Waals surface area contributed by atoms with Crippen LogP contribution >= 0.6 is 0 Å². The van der Waals surface area contributed by atoms with Crippen molar-refractivity contribution in [3.63, 3.8) is 0 Å². The molecule has 2 saturated carbocycles. The number of hydrogen-bond donors (Lipinski definition) is 1. The molecule has 0 amide bonds. The second kappa shape index (κ2) is 8.26. The largest absolute Gasteiger partial charge is 0.497 e. The third kappa shape index (κ3) is 4.12. The highest BCUT2D eigenvalue weighted by atomic mass is 16.5. The van der Waals surface area contributed by atoms with Gasteiger partial charge < -0.3 is 10.1 Å². The second-order valence-corrected chi connectivity index (χ2v) is 8.01. The average molecular weight is 350 g/mol. The van der Waals surface area contributed by atoms with Gasteiger partial charge in [0.15, 0.2) is 0 Å². The molecule has 2 aromatic carbocycles. The van der Waals surface area contributed by atoms with Crippen LogP contribution in [0, 0.1) is 5.92 Å². The van der Waals surface area contributed by atoms with Gasteiger partial charge in [-0.2, -0.15) is 0 Å². The smallest absolute Gasteiger partial charge is 0.119 e. The summed E-state index contributed by atoms with van der Waals surface area (Å²) in [6.45, 7) is 1.19. The minimum absolute atomic E-state index is 0.656. The van der Waals surface area contributed by atoms with Gasteiger partial charge in [-0.15, -0.1) is 0 Å². The molecule has 2 atom stereocenters. The van der Waals surface area contributed by atoms with Gasteiger partial charge in [-0.05, 0) is 54.1 Å². The summed E-state index contributed by atoms with van der Waals surface area (Å²) < 4.78 is 5.41. The van der Waals surface area contributed by atoms with E-state index in [1.54, 1.807) is 7.11 Å². The maximum Gasteiger partial charge on any atom is 0.119 e. The first-order chi connectivity index (χ1) is 12.8. The normalized spacial score (nSPS) is 23.0. The van der Waals surface area contributed by atoms with E-state index < -0.39 is 0 Å². The molecule has 2 heteroatoms. The van der Waals surface area contributed by atoms with Gasteiger partial charge in [0.25, 0.3) is 0 Å². The third-order valence-corrected chi connectivity index (χ3v) is 6.22. The first-order valence-corrected chi connectivity index (χ1v) is 10.3. The number of methoxy groups -OCH3 is 1. The molecule has 2 fully saturated rings. The predicted octanol–water partition coefficient (Wildman–Crippen LogP) is 5.78. The molecule has 138 valence electrons. The Bertz CT molecular complexity index is 720. The van der Waals surface area contributed by atoms with Crippen molar-refractivity contribution in [2.24, 2.45) is 5.92 Å². The quantitative estimate of drug-likeness (QED) is 0.684. The van der Waals surface area contributed by atoms with E-state index in [-0.39, 0.29) is 0 Å². The Hall–Kier alpha value is -1.80. The molecule has 0 heterocycles. The van der Waals surface area contributed by atoms with E-state index in [0.29, 0.717) is 12.0 Å². The fraction of sp³-hybridized carbons (Fsp3) is 0.500. The lowest BCUT2D eigenvalue weighted by atomic mass is 9.87. The van der Waals surface area contributed by atoms with E-state index >= 15 is 0 Å². The van der Waals surface area contributed by atoms with Crippen LogP contribution in [-0.4, -0.2) is 19.7 Å². The Morgan fingerprint density at radius 2 is 1.85 bits per heavy atom. The standard InChI is InChI=1S/C24H31NO/c1-26-20-11-7-10-19(16-20)21-12-5-6-13-22(21)23-17-24(23)25-15-14-18-8-3-2-4-9-18/h5-7,10-13,16,18,23-25H,2-4,8-9,14-15,17H2,1H3. The van der Waals surface area contributed by atoms with Crippen LogP contribution in [0.25, 0.3) is 11.1 Å². The first-order valence-electron chi connectivity index (χ1n) is 10.3. The highest BCUT2D eigenvalue weighted by Gasteiger charge is 2.39. The van der Waals surface area contributed by atoms with Crippen LogP contribution in [0.3, 0.4) is 0 Å². The number of rotatable bonds is 7. The molecular weight excluding hydrogens is 318 g/mol. The predicted molar refractivity (Wildman–Crippen MR) is 109 cm³/mol. The monoisotopic (exact) mass is 349 g/mol. The van der Waals surface area contributed by atoms with Crippen LogP contribution in [0.15, 0.2) is 48.5 Å². The Kier molecular flexibility index (Phi) is 5.59. The summed E-state index contributed by atoms with van der Waals surface area (Å²) in [7, 11) is 1.73. The Morgan fingerprint density at radius 3 is 2.69 bits per heavy atom. The molecule has 2 aliphatic carbocycles. The second-order valence-electron chi connectivity index (χ2n) is 8.01. The van der Waals surface area contributed by atoms with Crippen molar-refractivity contribution < 1.29 is 4.74 Å². The summed E-state index contributed by atoms with van der Waals surface area (Å²) in [6, 6.07) is 18.0. The average Bonchev–Trinajstić information content (AvgIpc) is 3.48. The van der Waals surface area contributed by atoms with Gasteiger partial charge in [0.05, 0.1) is 7.11 Å². The molecule has 2 nitrogen and oxygen atoms in total. The Morgan fingerprint density at radius 1 is 1.00 bits per heavy atom. The maximum atomic E-state index is 5.41. The minimum atomic E-state index is 0.656. The van der Waals surface area contributed by atoms with Crippen molar-refractivity contribution in [1.82, 2.24) is 5.32 Å². The molecule has 2 unspecified atom stereocenters. The van der Waals surface area contributed by atoms with Gasteiger partial charge in [-0.1, -0.05) is 68.5 Å². The summed E-state index contributed by atoms with van der Waals surface area (Å²) in [4.78, 5) is 0. The summed E-state index contributed by atoms with van der Waals surface area (Å²) in [5, 5.41) is 3.83. The molecule has 0 saturated heterocycles. The van der Waals surface area contributed by atoms with E-state index in [4.69, 9.17) is 4.74 Å². The van der Waals surface area contributed by atoms with Crippen LogP contribution in [-0.2, 0) is 0 Å². The number of hydrogen-bond acceptors (Lipinski definition) is 2. The zero-order valence-electron chi connectivity index (χ0n) is 15.9. The summed E-state index contributed by atoms with van der Waals surface area (Å²) in [6.07, 6.45) is 9.89. The zero-order chi connectivity index (χ0) is 17.8. The highest BCUT2D eigenvalue weighted by Crippen LogP contribution is 2.45. The van der Waals surface area contributed by atoms with E-state index in [0.717, 1.165) is 11.7 Å². The van der Waals surface area contributed by atoms with Crippen molar-refractivity contribution in [2.75, 3.05) is 13.7 Å². The first kappa shape index (κ1) is 17.6. The van der Waals surface area contributed by atoms with Gasteiger partial charge in [0, 0.05) is 12.0 Å². The fourth-order valence-corrected chi connectivity index (χ4v) is 4.59. The van der Waals surface area contributed by atoms with Crippen LogP contribution in [0.2, 0.25) is 0 Å². The van der Waals surface area contributed by atoms with Gasteiger partial charge >= 0.3 is 0 Å². The van der Waals surface area contributed by atoms with Crippen LogP contribution < -0.4 is 10.1 Å². The van der Waals surface area contributed by atoms with Crippen molar-refractivity contribution in [2.45, 2.75) is 56.9 Å². The van der Waals surface area contributed by atoms with Gasteiger partial charge in [-0.3, -0.25) is 0 Å². The lowest BCUT2D eigenvalue weighted by Gasteiger charge is -2.21. The van der Waals surface area contributed by atoms with E-state index in [2.05, 4.69) is 47.8 Å². The van der Waals surface area contributed by atoms with E-state index in [1.807, 2.05) is 6.07 Å². The van der Waals surface area contributed by atoms with Crippen LogP contribution in [0.5, 0.6) is 5.75 Å². The van der Waals surface area contributed by atoms with Crippen molar-refractivity contribution in [1.29, 1.82) is 0 Å². The molecule has 0 aliphatic heterocycles. The zero-order valence-corrected chi connectivity index (χ0v) is 15.9. The number of benzene rings is 2. The number of nitrogens with one attached hydrogen (secondary N) is 1. The molecule has 2 aliphatic rings. The van der Waals surface area contributed by atoms with E-state index in [1.165, 1.54) is 68.2 Å². The molecule has 2 aromatic rings. The van der Waals surface area contributed by atoms with Crippen molar-refractivity contribution in [3.05, 3.63) is 54.1 Å². The molecule has 1 N–H and O–H groups in total. The van der Waals surface area contributed by atoms with Gasteiger partial charge in [0.1, 0.15) is 5.75 Å².